The second-order valence-electron chi connectivity index (χ2n) is 7.62. The van der Waals surface area contributed by atoms with Gasteiger partial charge in [0.15, 0.2) is 0 Å². The minimum atomic E-state index is -0.769. The van der Waals surface area contributed by atoms with Gasteiger partial charge in [0.2, 0.25) is 0 Å². The first-order chi connectivity index (χ1) is 12.9. The monoisotopic (exact) mass is 376 g/mol. The molecule has 0 aromatic heterocycles. The van der Waals surface area contributed by atoms with E-state index in [9.17, 15) is 9.59 Å². The number of rotatable bonds is 8. The summed E-state index contributed by atoms with van der Waals surface area (Å²) in [5, 5.41) is 12.3. The number of benzene rings is 1. The highest BCUT2D eigenvalue weighted by molar-refractivity contribution is 5.76. The number of carboxylic acids is 1. The summed E-state index contributed by atoms with van der Waals surface area (Å²) >= 11 is 0. The van der Waals surface area contributed by atoms with E-state index in [2.05, 4.69) is 26.1 Å². The molecule has 1 unspecified atom stereocenters. The second-order valence-corrected chi connectivity index (χ2v) is 7.62. The Morgan fingerprint density at radius 3 is 2.52 bits per heavy atom. The molecule has 1 aromatic rings. The Kier molecular flexibility index (Phi) is 7.95. The first-order valence-corrected chi connectivity index (χ1v) is 9.92. The van der Waals surface area contributed by atoms with E-state index in [1.54, 1.807) is 4.90 Å². The maximum absolute atomic E-state index is 12.8. The number of hydrogen-bond acceptors (Lipinski definition) is 3. The van der Waals surface area contributed by atoms with Crippen LogP contribution in [0.1, 0.15) is 58.1 Å². The van der Waals surface area contributed by atoms with Gasteiger partial charge in [-0.15, -0.1) is 0 Å². The van der Waals surface area contributed by atoms with Gasteiger partial charge >= 0.3 is 12.0 Å². The van der Waals surface area contributed by atoms with Gasteiger partial charge in [-0.2, -0.15) is 0 Å². The molecule has 1 fully saturated rings. The van der Waals surface area contributed by atoms with Crippen LogP contribution in [0.3, 0.4) is 0 Å². The molecule has 0 saturated carbocycles. The topological polar surface area (TPSA) is 78.9 Å². The van der Waals surface area contributed by atoms with Crippen LogP contribution in [0.2, 0.25) is 0 Å². The lowest BCUT2D eigenvalue weighted by molar-refractivity contribution is -0.143. The Bertz CT molecular complexity index is 624. The predicted octanol–water partition coefficient (Wildman–Crippen LogP) is 4.07. The van der Waals surface area contributed by atoms with E-state index in [4.69, 9.17) is 9.84 Å². The van der Waals surface area contributed by atoms with Gasteiger partial charge in [-0.1, -0.05) is 39.0 Å². The fourth-order valence-corrected chi connectivity index (χ4v) is 3.42. The van der Waals surface area contributed by atoms with Crippen LogP contribution in [-0.2, 0) is 4.79 Å². The molecule has 0 radical (unpaired) electrons. The third-order valence-electron chi connectivity index (χ3n) is 4.89. The minimum absolute atomic E-state index is 0.130. The van der Waals surface area contributed by atoms with Crippen molar-refractivity contribution in [2.45, 2.75) is 52.5 Å². The molecule has 2 amide bonds. The van der Waals surface area contributed by atoms with Gasteiger partial charge in [0, 0.05) is 18.7 Å². The van der Waals surface area contributed by atoms with Crippen molar-refractivity contribution in [1.82, 2.24) is 10.2 Å². The molecule has 27 heavy (non-hydrogen) atoms. The van der Waals surface area contributed by atoms with Crippen molar-refractivity contribution in [3.05, 3.63) is 29.8 Å². The summed E-state index contributed by atoms with van der Waals surface area (Å²) in [4.78, 5) is 25.6. The van der Waals surface area contributed by atoms with Crippen LogP contribution in [-0.4, -0.2) is 41.7 Å². The third-order valence-corrected chi connectivity index (χ3v) is 4.89. The van der Waals surface area contributed by atoms with E-state index in [-0.39, 0.29) is 18.0 Å². The number of carbonyl (C=O) groups is 2. The maximum Gasteiger partial charge on any atom is 0.317 e. The fourth-order valence-electron chi connectivity index (χ4n) is 3.42. The van der Waals surface area contributed by atoms with Crippen LogP contribution in [0.15, 0.2) is 24.3 Å². The van der Waals surface area contributed by atoms with Crippen molar-refractivity contribution < 1.29 is 19.4 Å². The van der Waals surface area contributed by atoms with Gasteiger partial charge in [-0.3, -0.25) is 4.79 Å². The highest BCUT2D eigenvalue weighted by Crippen LogP contribution is 2.30. The zero-order valence-electron chi connectivity index (χ0n) is 16.6. The summed E-state index contributed by atoms with van der Waals surface area (Å²) in [6, 6.07) is 7.60. The van der Waals surface area contributed by atoms with Crippen molar-refractivity contribution in [1.29, 1.82) is 0 Å². The number of nitrogens with one attached hydrogen (secondary N) is 1. The number of carboxylic acid groups (broad SMARTS) is 1. The second kappa shape index (κ2) is 10.2. The standard InChI is InChI=1S/C21H32N2O4/c1-4-13-27-19-8-6-5-7-17(19)18(14-15(2)3)22-21(26)23-11-9-16(10-12-23)20(24)25/h5-8,15-16,18H,4,9-14H2,1-3H3,(H,22,26)(H,24,25). The predicted molar refractivity (Wildman–Crippen MR) is 105 cm³/mol. The molecular formula is C21H32N2O4. The average Bonchev–Trinajstić information content (AvgIpc) is 2.65. The van der Waals surface area contributed by atoms with E-state index in [1.807, 2.05) is 24.3 Å². The summed E-state index contributed by atoms with van der Waals surface area (Å²) < 4.78 is 5.89. The molecule has 0 aliphatic carbocycles. The molecule has 150 valence electrons. The van der Waals surface area contributed by atoms with Crippen LogP contribution in [0.25, 0.3) is 0 Å². The van der Waals surface area contributed by atoms with Gasteiger partial charge in [0.05, 0.1) is 18.6 Å². The van der Waals surface area contributed by atoms with Gasteiger partial charge in [0.25, 0.3) is 0 Å². The van der Waals surface area contributed by atoms with Crippen molar-refractivity contribution >= 4 is 12.0 Å². The summed E-state index contributed by atoms with van der Waals surface area (Å²) in [6.45, 7) is 7.93. The fraction of sp³-hybridized carbons (Fsp3) is 0.619. The quantitative estimate of drug-likeness (QED) is 0.717. The van der Waals surface area contributed by atoms with Crippen LogP contribution in [0.4, 0.5) is 4.79 Å². The summed E-state index contributed by atoms with van der Waals surface area (Å²) in [5.74, 6) is 0.112. The maximum atomic E-state index is 12.8. The lowest BCUT2D eigenvalue weighted by atomic mass is 9.95. The number of likely N-dealkylation sites (tertiary alicyclic amines) is 1. The molecule has 1 saturated heterocycles. The molecule has 1 heterocycles. The molecule has 1 atom stereocenters. The van der Waals surface area contributed by atoms with Gasteiger partial charge in [0.1, 0.15) is 5.75 Å². The SMILES string of the molecule is CCCOc1ccccc1C(CC(C)C)NC(=O)N1CCC(C(=O)O)CC1. The molecular weight excluding hydrogens is 344 g/mol. The zero-order valence-corrected chi connectivity index (χ0v) is 16.6. The van der Waals surface area contributed by atoms with E-state index in [0.29, 0.717) is 38.5 Å². The number of hydrogen-bond donors (Lipinski definition) is 2. The number of carbonyl (C=O) groups excluding carboxylic acids is 1. The Balaban J connectivity index is 2.09. The average molecular weight is 376 g/mol. The lowest BCUT2D eigenvalue weighted by Gasteiger charge is -2.32. The molecule has 0 bridgehead atoms. The van der Waals surface area contributed by atoms with Crippen LogP contribution in [0, 0.1) is 11.8 Å². The van der Waals surface area contributed by atoms with Crippen molar-refractivity contribution in [2.24, 2.45) is 11.8 Å². The van der Waals surface area contributed by atoms with E-state index >= 15 is 0 Å². The molecule has 1 aliphatic heterocycles. The molecule has 0 spiro atoms. The number of urea groups is 1. The van der Waals surface area contributed by atoms with Crippen LogP contribution < -0.4 is 10.1 Å². The number of nitrogens with zero attached hydrogens (tertiary/aromatic N) is 1. The molecule has 1 aromatic carbocycles. The van der Waals surface area contributed by atoms with Gasteiger partial charge in [-0.25, -0.2) is 4.79 Å². The number of aliphatic carboxylic acids is 1. The third kappa shape index (κ3) is 6.15. The van der Waals surface area contributed by atoms with E-state index in [1.165, 1.54) is 0 Å². The Morgan fingerprint density at radius 1 is 1.26 bits per heavy atom. The number of amides is 2. The molecule has 1 aliphatic rings. The number of ether oxygens (including phenoxy) is 1. The lowest BCUT2D eigenvalue weighted by Crippen LogP contribution is -2.46. The molecule has 2 rings (SSSR count). The van der Waals surface area contributed by atoms with Gasteiger partial charge in [-0.05, 0) is 37.7 Å². The highest BCUT2D eigenvalue weighted by Gasteiger charge is 2.29. The Hall–Kier alpha value is -2.24. The van der Waals surface area contributed by atoms with Crippen LogP contribution in [0.5, 0.6) is 5.75 Å². The summed E-state index contributed by atoms with van der Waals surface area (Å²) in [5.41, 5.74) is 0.994. The largest absolute Gasteiger partial charge is 0.493 e. The van der Waals surface area contributed by atoms with Crippen molar-refractivity contribution in [2.75, 3.05) is 19.7 Å². The van der Waals surface area contributed by atoms with E-state index in [0.717, 1.165) is 24.2 Å². The van der Waals surface area contributed by atoms with Gasteiger partial charge < -0.3 is 20.1 Å². The number of piperidine rings is 1. The molecule has 6 nitrogen and oxygen atoms in total. The summed E-state index contributed by atoms with van der Waals surface area (Å²) in [7, 11) is 0. The minimum Gasteiger partial charge on any atom is -0.493 e. The summed E-state index contributed by atoms with van der Waals surface area (Å²) in [6.07, 6.45) is 2.75. The first kappa shape index (κ1) is 21.1. The normalized spacial score (nSPS) is 16.2. The number of para-hydroxylation sites is 1. The first-order valence-electron chi connectivity index (χ1n) is 9.92. The van der Waals surface area contributed by atoms with E-state index < -0.39 is 5.97 Å². The van der Waals surface area contributed by atoms with Crippen molar-refractivity contribution in [3.63, 3.8) is 0 Å². The molecule has 2 N–H and O–H groups in total. The van der Waals surface area contributed by atoms with Crippen LogP contribution >= 0.6 is 0 Å². The van der Waals surface area contributed by atoms with Crippen molar-refractivity contribution in [3.8, 4) is 5.75 Å². The smallest absolute Gasteiger partial charge is 0.317 e. The highest BCUT2D eigenvalue weighted by atomic mass is 16.5. The Labute approximate surface area is 161 Å². The Morgan fingerprint density at radius 2 is 1.93 bits per heavy atom. The molecule has 6 heteroatoms. The zero-order chi connectivity index (χ0) is 19.8.